The van der Waals surface area contributed by atoms with E-state index in [1.807, 2.05) is 0 Å². The van der Waals surface area contributed by atoms with Gasteiger partial charge >= 0.3 is 0 Å². The first kappa shape index (κ1) is 14.4. The van der Waals surface area contributed by atoms with Gasteiger partial charge in [-0.25, -0.2) is 13.1 Å². The molecule has 1 aromatic carbocycles. The van der Waals surface area contributed by atoms with Crippen LogP contribution in [-0.2, 0) is 10.0 Å². The van der Waals surface area contributed by atoms with Crippen molar-refractivity contribution < 1.29 is 13.3 Å². The monoisotopic (exact) mass is 273 g/mol. The smallest absolute Gasteiger partial charge is 0.292 e. The van der Waals surface area contributed by atoms with Crippen molar-refractivity contribution >= 4 is 21.4 Å². The summed E-state index contributed by atoms with van der Waals surface area (Å²) >= 11 is 0. The molecule has 0 atom stereocenters. The Labute approximate surface area is 105 Å². The largest absolute Gasteiger partial charge is 0.378 e. The number of aryl methyl sites for hydroxylation is 1. The number of anilines is 1. The fourth-order valence-electron chi connectivity index (χ4n) is 1.37. The fourth-order valence-corrected chi connectivity index (χ4v) is 1.95. The third kappa shape index (κ3) is 3.97. The number of hydrogen-bond donors (Lipinski definition) is 2. The van der Waals surface area contributed by atoms with Crippen LogP contribution >= 0.6 is 0 Å². The summed E-state index contributed by atoms with van der Waals surface area (Å²) in [6.07, 6.45) is 0. The van der Waals surface area contributed by atoms with Crippen LogP contribution < -0.4 is 10.0 Å². The molecule has 8 heteroatoms. The fraction of sp³-hybridized carbons (Fsp3) is 0.400. The summed E-state index contributed by atoms with van der Waals surface area (Å²) in [7, 11) is -1.99. The lowest BCUT2D eigenvalue weighted by Crippen LogP contribution is -2.26. The van der Waals surface area contributed by atoms with Gasteiger partial charge in [-0.15, -0.1) is 0 Å². The molecule has 0 fully saturated rings. The minimum Gasteiger partial charge on any atom is -0.378 e. The molecule has 0 bridgehead atoms. The second-order valence-corrected chi connectivity index (χ2v) is 5.77. The second kappa shape index (κ2) is 5.78. The number of hydrogen-bond acceptors (Lipinski definition) is 5. The highest BCUT2D eigenvalue weighted by molar-refractivity contribution is 7.89. The number of nitrogens with zero attached hydrogens (tertiary/aromatic N) is 1. The maximum atomic E-state index is 11.2. The predicted molar refractivity (Wildman–Crippen MR) is 69.2 cm³/mol. The molecule has 0 saturated heterocycles. The second-order valence-electron chi connectivity index (χ2n) is 3.73. The highest BCUT2D eigenvalue weighted by Gasteiger charge is 2.14. The van der Waals surface area contributed by atoms with Gasteiger partial charge < -0.3 is 5.32 Å². The van der Waals surface area contributed by atoms with E-state index in [9.17, 15) is 18.5 Å². The lowest BCUT2D eigenvalue weighted by atomic mass is 10.2. The SMILES string of the molecule is CNS(=O)(=O)CCNc1cc(C)ccc1[N+](=O)[O-]. The van der Waals surface area contributed by atoms with Crippen LogP contribution in [0.1, 0.15) is 5.56 Å². The van der Waals surface area contributed by atoms with Gasteiger partial charge in [-0.05, 0) is 25.6 Å². The molecule has 0 heterocycles. The molecule has 1 rings (SSSR count). The average Bonchev–Trinajstić information content (AvgIpc) is 2.28. The van der Waals surface area contributed by atoms with Gasteiger partial charge in [-0.2, -0.15) is 0 Å². The van der Waals surface area contributed by atoms with Crippen molar-refractivity contribution in [2.45, 2.75) is 6.92 Å². The van der Waals surface area contributed by atoms with Crippen molar-refractivity contribution in [1.29, 1.82) is 0 Å². The standard InChI is InChI=1S/C10H15N3O4S/c1-8-3-4-10(13(14)15)9(7-8)12-5-6-18(16,17)11-2/h3-4,7,11-12H,5-6H2,1-2H3. The third-order valence-corrected chi connectivity index (χ3v) is 3.71. The van der Waals surface area contributed by atoms with Gasteiger partial charge in [0.15, 0.2) is 0 Å². The quantitative estimate of drug-likeness (QED) is 0.591. The number of nitrogens with one attached hydrogen (secondary N) is 2. The molecular formula is C10H15N3O4S. The van der Waals surface area contributed by atoms with Crippen LogP contribution in [0.5, 0.6) is 0 Å². The Hall–Kier alpha value is -1.67. The van der Waals surface area contributed by atoms with Gasteiger partial charge in [-0.1, -0.05) is 6.07 Å². The molecule has 0 radical (unpaired) electrons. The highest BCUT2D eigenvalue weighted by Crippen LogP contribution is 2.24. The first-order chi connectivity index (χ1) is 8.35. The van der Waals surface area contributed by atoms with Crippen molar-refractivity contribution in [3.05, 3.63) is 33.9 Å². The molecule has 0 spiro atoms. The van der Waals surface area contributed by atoms with E-state index in [2.05, 4.69) is 10.0 Å². The van der Waals surface area contributed by atoms with Gasteiger partial charge in [0.05, 0.1) is 10.7 Å². The first-order valence-corrected chi connectivity index (χ1v) is 6.91. The summed E-state index contributed by atoms with van der Waals surface area (Å²) in [5.74, 6) is -0.144. The van der Waals surface area contributed by atoms with Crippen LogP contribution in [-0.4, -0.2) is 32.7 Å². The zero-order valence-corrected chi connectivity index (χ0v) is 11.0. The van der Waals surface area contributed by atoms with Crippen LogP contribution in [0.2, 0.25) is 0 Å². The lowest BCUT2D eigenvalue weighted by molar-refractivity contribution is -0.384. The highest BCUT2D eigenvalue weighted by atomic mass is 32.2. The van der Waals surface area contributed by atoms with Crippen LogP contribution in [0, 0.1) is 17.0 Å². The Kier molecular flexibility index (Phi) is 4.62. The Balaban J connectivity index is 2.78. The third-order valence-electron chi connectivity index (χ3n) is 2.35. The summed E-state index contributed by atoms with van der Waals surface area (Å²) in [4.78, 5) is 10.3. The Bertz CT molecular complexity index is 542. The zero-order chi connectivity index (χ0) is 13.8. The van der Waals surface area contributed by atoms with Crippen molar-refractivity contribution in [2.75, 3.05) is 24.7 Å². The van der Waals surface area contributed by atoms with E-state index in [1.54, 1.807) is 19.1 Å². The van der Waals surface area contributed by atoms with Gasteiger partial charge in [0.25, 0.3) is 5.69 Å². The van der Waals surface area contributed by atoms with E-state index in [1.165, 1.54) is 13.1 Å². The molecule has 0 saturated carbocycles. The number of nitro groups is 1. The molecule has 0 aliphatic heterocycles. The Morgan fingerprint density at radius 3 is 2.61 bits per heavy atom. The van der Waals surface area contributed by atoms with E-state index >= 15 is 0 Å². The van der Waals surface area contributed by atoms with E-state index < -0.39 is 14.9 Å². The van der Waals surface area contributed by atoms with Gasteiger partial charge in [0, 0.05) is 12.6 Å². The molecule has 2 N–H and O–H groups in total. The van der Waals surface area contributed by atoms with Gasteiger partial charge in [-0.3, -0.25) is 10.1 Å². The summed E-state index contributed by atoms with van der Waals surface area (Å²) in [5, 5.41) is 13.5. The maximum absolute atomic E-state index is 11.2. The first-order valence-electron chi connectivity index (χ1n) is 5.26. The molecule has 18 heavy (non-hydrogen) atoms. The molecule has 0 aliphatic carbocycles. The molecule has 0 unspecified atom stereocenters. The number of sulfonamides is 1. The molecule has 7 nitrogen and oxygen atoms in total. The normalized spacial score (nSPS) is 11.2. The molecule has 0 aliphatic rings. The summed E-state index contributed by atoms with van der Waals surface area (Å²) in [6, 6.07) is 4.64. The molecule has 100 valence electrons. The lowest BCUT2D eigenvalue weighted by Gasteiger charge is -2.08. The van der Waals surface area contributed by atoms with Gasteiger partial charge in [0.2, 0.25) is 10.0 Å². The maximum Gasteiger partial charge on any atom is 0.292 e. The van der Waals surface area contributed by atoms with E-state index in [0.717, 1.165) is 5.56 Å². The van der Waals surface area contributed by atoms with Gasteiger partial charge in [0.1, 0.15) is 5.69 Å². The predicted octanol–water partition coefficient (Wildman–Crippen LogP) is 0.864. The molecule has 0 amide bonds. The number of nitro benzene ring substituents is 1. The minimum atomic E-state index is -3.32. The van der Waals surface area contributed by atoms with Crippen molar-refractivity contribution in [3.63, 3.8) is 0 Å². The molecular weight excluding hydrogens is 258 g/mol. The summed E-state index contributed by atoms with van der Waals surface area (Å²) < 4.78 is 24.6. The van der Waals surface area contributed by atoms with Crippen LogP contribution in [0.25, 0.3) is 0 Å². The van der Waals surface area contributed by atoms with Crippen LogP contribution in [0.4, 0.5) is 11.4 Å². The zero-order valence-electron chi connectivity index (χ0n) is 10.1. The van der Waals surface area contributed by atoms with E-state index in [4.69, 9.17) is 0 Å². The Morgan fingerprint density at radius 1 is 1.39 bits per heavy atom. The molecule has 1 aromatic rings. The number of rotatable bonds is 6. The van der Waals surface area contributed by atoms with Crippen LogP contribution in [0.15, 0.2) is 18.2 Å². The van der Waals surface area contributed by atoms with Crippen molar-refractivity contribution in [1.82, 2.24) is 4.72 Å². The van der Waals surface area contributed by atoms with Crippen molar-refractivity contribution in [2.24, 2.45) is 0 Å². The summed E-state index contributed by atoms with van der Waals surface area (Å²) in [6.45, 7) is 1.91. The van der Waals surface area contributed by atoms with E-state index in [-0.39, 0.29) is 18.0 Å². The van der Waals surface area contributed by atoms with E-state index in [0.29, 0.717) is 5.69 Å². The summed E-state index contributed by atoms with van der Waals surface area (Å²) in [5.41, 5.74) is 1.12. The Morgan fingerprint density at radius 2 is 2.06 bits per heavy atom. The average molecular weight is 273 g/mol. The van der Waals surface area contributed by atoms with Crippen molar-refractivity contribution in [3.8, 4) is 0 Å². The minimum absolute atomic E-state index is 0.0672. The number of benzene rings is 1. The topological polar surface area (TPSA) is 101 Å². The van der Waals surface area contributed by atoms with Crippen LogP contribution in [0.3, 0.4) is 0 Å². The molecule has 0 aromatic heterocycles.